The van der Waals surface area contributed by atoms with E-state index in [-0.39, 0.29) is 12.0 Å². The van der Waals surface area contributed by atoms with Gasteiger partial charge in [-0.1, -0.05) is 66.0 Å². The molecule has 0 aromatic heterocycles. The highest BCUT2D eigenvalue weighted by Gasteiger charge is 2.60. The highest BCUT2D eigenvalue weighted by atomic mass is 16.8. The Morgan fingerprint density at radius 2 is 0.800 bits per heavy atom. The summed E-state index contributed by atoms with van der Waals surface area (Å²) in [5.74, 6) is -7.38. The standard InChI is InChI=1S/C49H60N24O22/c1-8-27-31(62-70-54)32(63-71-55)42(92-45(80)24-12-10-9-11-13-24)48(88-27)81-17-30-39(94-47-34(65-73-57)41(86-22(6)78)38(84-20(4)76)29(90-47)16-59-67-51)44(87-23(7)79)49(91-30)95-43-35(82-18(2)74)25(60-68-52)14-26(61-69-53)36(43)93-46-33(64-72-56)40(85-21(5)77)37(83-19(3)75)28(89-46)15-58-66-50/h9-13,25-44,46-49H,8,14-17H2,1-7H3/t25-,26?,27?,28?,29+,30-,31-,32+,33?,34?,35?,36-,37-,38-,39+,40-,41?,42?,43-,44?,46-,47-,48-,49+/m1/s1. The Morgan fingerprint density at radius 3 is 1.26 bits per heavy atom. The first-order valence-corrected chi connectivity index (χ1v) is 28.4. The summed E-state index contributed by atoms with van der Waals surface area (Å²) in [5.41, 5.74) is 78.5. The summed E-state index contributed by atoms with van der Waals surface area (Å²) >= 11 is 0. The van der Waals surface area contributed by atoms with Crippen LogP contribution in [0, 0.1) is 0 Å². The molecule has 4 heterocycles. The van der Waals surface area contributed by atoms with Crippen LogP contribution in [0.2, 0.25) is 0 Å². The number of azide groups is 8. The monoisotopic (exact) mass is 1340 g/mol. The van der Waals surface area contributed by atoms with Gasteiger partial charge in [-0.15, -0.1) is 0 Å². The Kier molecular flexibility index (Phi) is 27.7. The van der Waals surface area contributed by atoms with Crippen molar-refractivity contribution in [2.45, 2.75) is 208 Å². The molecule has 9 unspecified atom stereocenters. The summed E-state index contributed by atoms with van der Waals surface area (Å²) in [4.78, 5) is 114. The fourth-order valence-electron chi connectivity index (χ4n) is 11.1. The fourth-order valence-corrected chi connectivity index (χ4v) is 11.1. The molecule has 1 aliphatic carbocycles. The van der Waals surface area contributed by atoms with Crippen LogP contribution >= 0.6 is 0 Å². The van der Waals surface area contributed by atoms with Gasteiger partial charge in [0, 0.05) is 80.8 Å². The van der Waals surface area contributed by atoms with E-state index in [1.165, 1.54) is 24.3 Å². The van der Waals surface area contributed by atoms with Crippen molar-refractivity contribution in [1.82, 2.24) is 0 Å². The number of carbonyl (C=O) groups excluding carboxylic acids is 7. The van der Waals surface area contributed by atoms with Crippen LogP contribution in [-0.4, -0.2) is 208 Å². The first-order chi connectivity index (χ1) is 45.6. The van der Waals surface area contributed by atoms with E-state index in [4.69, 9.17) is 71.1 Å². The molecular formula is C49H60N24O22. The van der Waals surface area contributed by atoms with E-state index in [2.05, 4.69) is 80.2 Å². The minimum Gasteiger partial charge on any atom is -0.459 e. The Hall–Kier alpha value is -10.3. The zero-order valence-corrected chi connectivity index (χ0v) is 51.0. The average Bonchev–Trinajstić information content (AvgIpc) is 1.75. The van der Waals surface area contributed by atoms with Crippen molar-refractivity contribution in [3.63, 3.8) is 0 Å². The molecule has 4 aliphatic heterocycles. The first-order valence-electron chi connectivity index (χ1n) is 28.4. The molecule has 0 radical (unpaired) electrons. The van der Waals surface area contributed by atoms with E-state index < -0.39 is 215 Å². The maximum Gasteiger partial charge on any atom is 0.338 e. The predicted molar refractivity (Wildman–Crippen MR) is 305 cm³/mol. The lowest BCUT2D eigenvalue weighted by atomic mass is 9.83. The van der Waals surface area contributed by atoms with E-state index >= 15 is 0 Å². The van der Waals surface area contributed by atoms with Gasteiger partial charge in [-0.05, 0) is 69.2 Å². The quantitative estimate of drug-likeness (QED) is 0.0288. The van der Waals surface area contributed by atoms with Crippen molar-refractivity contribution < 1.29 is 105 Å². The van der Waals surface area contributed by atoms with Crippen molar-refractivity contribution in [2.75, 3.05) is 19.7 Å². The van der Waals surface area contributed by atoms with Gasteiger partial charge in [0.15, 0.2) is 61.8 Å². The van der Waals surface area contributed by atoms with Gasteiger partial charge in [-0.2, -0.15) is 0 Å². The maximum absolute atomic E-state index is 13.9. The smallest absolute Gasteiger partial charge is 0.338 e. The van der Waals surface area contributed by atoms with Crippen LogP contribution in [0.3, 0.4) is 0 Å². The number of benzene rings is 1. The highest BCUT2D eigenvalue weighted by Crippen LogP contribution is 2.42. The van der Waals surface area contributed by atoms with Crippen molar-refractivity contribution in [3.8, 4) is 0 Å². The van der Waals surface area contributed by atoms with E-state index in [9.17, 15) is 77.8 Å². The van der Waals surface area contributed by atoms with Gasteiger partial charge in [0.2, 0.25) is 0 Å². The molecule has 1 aromatic carbocycles. The molecule has 0 N–H and O–H groups in total. The number of esters is 7. The van der Waals surface area contributed by atoms with Crippen LogP contribution < -0.4 is 0 Å². The third-order valence-electron chi connectivity index (χ3n) is 14.6. The van der Waals surface area contributed by atoms with Gasteiger partial charge < -0.3 is 71.1 Å². The van der Waals surface area contributed by atoms with E-state index in [1.54, 1.807) is 13.0 Å². The Bertz CT molecular complexity index is 3370. The molecule has 46 heteroatoms. The van der Waals surface area contributed by atoms with Crippen LogP contribution in [0.25, 0.3) is 83.5 Å². The van der Waals surface area contributed by atoms with Crippen LogP contribution in [0.1, 0.15) is 71.7 Å². The SMILES string of the molecule is CCC1O[C@@H](OC[C@H]2O[C@@H](O[C@@H]3C(OC(C)=O)[C@H](N=[N+]=[N-])CC(N=[N+]=[N-])[C@H]3O[C@H]3OC(CN=[N+]=[N-])[C@@H](OC(C)=O)[C@H](OC(C)=O)C3N=[N+]=[N-])C(OC(C)=O)[C@H]2O[C@H]2O[C@@H](CN=[N+]=[N-])[C@@H](OC(C)=O)C(OC(C)=O)C2N=[N+]=[N-])C(OC(=O)c2ccccc2)[C@@H](N=[N+]=[N-])[C@@H]1N=[N+]=[N-]. The molecule has 1 aromatic rings. The molecule has 6 rings (SSSR count). The van der Waals surface area contributed by atoms with Crippen LogP contribution in [0.4, 0.5) is 0 Å². The Morgan fingerprint density at radius 1 is 0.400 bits per heavy atom. The molecule has 24 atom stereocenters. The number of ether oxygens (including phenoxy) is 15. The Labute approximate surface area is 533 Å². The van der Waals surface area contributed by atoms with Crippen LogP contribution in [0.15, 0.2) is 71.2 Å². The van der Waals surface area contributed by atoms with Gasteiger partial charge in [0.1, 0.15) is 48.7 Å². The number of hydrogen-bond acceptors (Lipinski definition) is 30. The third-order valence-corrected chi connectivity index (χ3v) is 14.6. The van der Waals surface area contributed by atoms with Crippen molar-refractivity contribution in [2.24, 2.45) is 40.9 Å². The van der Waals surface area contributed by atoms with Gasteiger partial charge in [-0.3, -0.25) is 28.8 Å². The molecule has 508 valence electrons. The second-order valence-electron chi connectivity index (χ2n) is 20.8. The van der Waals surface area contributed by atoms with Gasteiger partial charge >= 0.3 is 41.8 Å². The topological polar surface area (TPSA) is 648 Å². The molecule has 1 saturated carbocycles. The predicted octanol–water partition coefficient (Wildman–Crippen LogP) is 6.38. The largest absolute Gasteiger partial charge is 0.459 e. The summed E-state index contributed by atoms with van der Waals surface area (Å²) < 4.78 is 91.2. The second kappa shape index (κ2) is 35.6. The third kappa shape index (κ3) is 19.2. The van der Waals surface area contributed by atoms with E-state index in [0.29, 0.717) is 0 Å². The number of rotatable bonds is 28. The molecule has 46 nitrogen and oxygen atoms in total. The molecule has 4 saturated heterocycles. The normalized spacial score (nSPS) is 33.6. The van der Waals surface area contributed by atoms with Crippen molar-refractivity contribution >= 4 is 41.8 Å². The summed E-state index contributed by atoms with van der Waals surface area (Å²) in [5, 5.41) is 29.8. The summed E-state index contributed by atoms with van der Waals surface area (Å²) in [6.07, 6.45) is -34.2. The molecule has 5 fully saturated rings. The molecule has 5 aliphatic rings. The summed E-state index contributed by atoms with van der Waals surface area (Å²) in [6, 6.07) is -2.71. The van der Waals surface area contributed by atoms with Gasteiger partial charge in [0.05, 0.1) is 61.6 Å². The molecule has 0 amide bonds. The van der Waals surface area contributed by atoms with Crippen LogP contribution in [0.5, 0.6) is 0 Å². The Balaban J connectivity index is 1.59. The van der Waals surface area contributed by atoms with E-state index in [0.717, 1.165) is 41.5 Å². The fraction of sp³-hybridized carbons (Fsp3) is 0.735. The van der Waals surface area contributed by atoms with Gasteiger partial charge in [0.25, 0.3) is 0 Å². The van der Waals surface area contributed by atoms with Gasteiger partial charge in [-0.25, -0.2) is 4.79 Å². The van der Waals surface area contributed by atoms with Crippen LogP contribution in [-0.2, 0) is 99.8 Å². The van der Waals surface area contributed by atoms with Crippen molar-refractivity contribution in [1.29, 1.82) is 0 Å². The highest BCUT2D eigenvalue weighted by molar-refractivity contribution is 5.89. The summed E-state index contributed by atoms with van der Waals surface area (Å²) in [6.45, 7) is 4.85. The molecular weight excluding hydrogens is 1280 g/mol. The first kappa shape index (κ1) is 73.7. The lowest BCUT2D eigenvalue weighted by Crippen LogP contribution is -2.65. The lowest BCUT2D eigenvalue weighted by molar-refractivity contribution is -0.310. The zero-order chi connectivity index (χ0) is 69.5. The van der Waals surface area contributed by atoms with E-state index in [1.807, 2.05) is 0 Å². The molecule has 0 bridgehead atoms. The minimum atomic E-state index is -2.23. The maximum atomic E-state index is 13.9. The van der Waals surface area contributed by atoms with Crippen molar-refractivity contribution in [3.05, 3.63) is 119 Å². The average molecular weight is 1340 g/mol. The molecule has 95 heavy (non-hydrogen) atoms. The second-order valence-corrected chi connectivity index (χ2v) is 20.8. The number of carbonyl (C=O) groups is 7. The molecule has 0 spiro atoms. The number of hydrogen-bond donors (Lipinski definition) is 0. The minimum absolute atomic E-state index is 0.0219. The summed E-state index contributed by atoms with van der Waals surface area (Å²) in [7, 11) is 0. The lowest BCUT2D eigenvalue weighted by Gasteiger charge is -2.48. The number of nitrogens with zero attached hydrogens (tertiary/aromatic N) is 24. The zero-order valence-electron chi connectivity index (χ0n) is 51.0.